The molecule has 0 fully saturated rings. The molecule has 0 bridgehead atoms. The summed E-state index contributed by atoms with van der Waals surface area (Å²) in [5.41, 5.74) is 1.72. The number of carbonyl (C=O) groups is 1. The van der Waals surface area contributed by atoms with Crippen molar-refractivity contribution in [2.45, 2.75) is 13.8 Å². The van der Waals surface area contributed by atoms with E-state index in [2.05, 4.69) is 0 Å². The highest BCUT2D eigenvalue weighted by Crippen LogP contribution is 2.24. The van der Waals surface area contributed by atoms with Gasteiger partial charge in [-0.1, -0.05) is 23.2 Å². The van der Waals surface area contributed by atoms with Gasteiger partial charge in [-0.3, -0.25) is 4.79 Å². The molecule has 0 heterocycles. The monoisotopic (exact) mass is 329 g/mol. The molecule has 4 nitrogen and oxygen atoms in total. The van der Waals surface area contributed by atoms with Crippen LogP contribution in [0.5, 0.6) is 11.5 Å². The first-order valence-corrected chi connectivity index (χ1v) is 7.52. The Morgan fingerprint density at radius 2 is 1.91 bits per heavy atom. The standard InChI is InChI=1S/C18H16ClNO3/c1-3-22-18-6-4-12(2)8-15(18)16(21)11-23-17-7-5-14(19)9-13(17)10-20/h4-9H,3,11H2,1-2H3. The van der Waals surface area contributed by atoms with Gasteiger partial charge in [0.05, 0.1) is 17.7 Å². The summed E-state index contributed by atoms with van der Waals surface area (Å²) < 4.78 is 11.0. The zero-order valence-corrected chi connectivity index (χ0v) is 13.7. The molecule has 0 saturated heterocycles. The quantitative estimate of drug-likeness (QED) is 0.746. The van der Waals surface area contributed by atoms with Crippen molar-refractivity contribution in [1.82, 2.24) is 0 Å². The van der Waals surface area contributed by atoms with E-state index >= 15 is 0 Å². The van der Waals surface area contributed by atoms with E-state index in [0.717, 1.165) is 5.56 Å². The summed E-state index contributed by atoms with van der Waals surface area (Å²) >= 11 is 5.84. The van der Waals surface area contributed by atoms with Crippen molar-refractivity contribution in [2.24, 2.45) is 0 Å². The van der Waals surface area contributed by atoms with E-state index in [1.807, 2.05) is 26.0 Å². The van der Waals surface area contributed by atoms with Crippen molar-refractivity contribution in [3.63, 3.8) is 0 Å². The molecule has 0 atom stereocenters. The Labute approximate surface area is 140 Å². The third-order valence-electron chi connectivity index (χ3n) is 3.16. The van der Waals surface area contributed by atoms with Crippen molar-refractivity contribution >= 4 is 17.4 Å². The fraction of sp³-hybridized carbons (Fsp3) is 0.222. The van der Waals surface area contributed by atoms with E-state index in [-0.39, 0.29) is 12.4 Å². The van der Waals surface area contributed by atoms with Crippen molar-refractivity contribution in [1.29, 1.82) is 5.26 Å². The maximum absolute atomic E-state index is 12.4. The summed E-state index contributed by atoms with van der Waals surface area (Å²) in [7, 11) is 0. The third-order valence-corrected chi connectivity index (χ3v) is 3.39. The van der Waals surface area contributed by atoms with E-state index < -0.39 is 0 Å². The van der Waals surface area contributed by atoms with Gasteiger partial charge in [-0.05, 0) is 44.2 Å². The summed E-state index contributed by atoms with van der Waals surface area (Å²) in [5, 5.41) is 9.52. The Bertz CT molecular complexity index is 765. The second kappa shape index (κ2) is 7.66. The molecule has 0 aliphatic carbocycles. The number of rotatable bonds is 6. The first-order valence-electron chi connectivity index (χ1n) is 7.14. The van der Waals surface area contributed by atoms with Crippen LogP contribution in [-0.2, 0) is 0 Å². The van der Waals surface area contributed by atoms with E-state index in [1.54, 1.807) is 24.3 Å². The molecule has 2 aromatic rings. The van der Waals surface area contributed by atoms with Crippen molar-refractivity contribution in [3.05, 3.63) is 58.1 Å². The zero-order valence-electron chi connectivity index (χ0n) is 12.9. The van der Waals surface area contributed by atoms with Crippen LogP contribution in [0.3, 0.4) is 0 Å². The van der Waals surface area contributed by atoms with Crippen LogP contribution in [0.2, 0.25) is 5.02 Å². The molecule has 0 unspecified atom stereocenters. The van der Waals surface area contributed by atoms with Gasteiger partial charge in [-0.2, -0.15) is 5.26 Å². The Kier molecular flexibility index (Phi) is 5.61. The number of benzene rings is 2. The minimum Gasteiger partial charge on any atom is -0.493 e. The predicted octanol–water partition coefficient (Wildman–Crippen LogP) is 4.18. The fourth-order valence-electron chi connectivity index (χ4n) is 2.08. The Morgan fingerprint density at radius 1 is 1.17 bits per heavy atom. The highest BCUT2D eigenvalue weighted by Gasteiger charge is 2.15. The number of nitrogens with zero attached hydrogens (tertiary/aromatic N) is 1. The van der Waals surface area contributed by atoms with Gasteiger partial charge in [-0.15, -0.1) is 0 Å². The van der Waals surface area contributed by atoms with Crippen molar-refractivity contribution < 1.29 is 14.3 Å². The highest BCUT2D eigenvalue weighted by atomic mass is 35.5. The van der Waals surface area contributed by atoms with Crippen LogP contribution in [0.25, 0.3) is 0 Å². The second-order valence-corrected chi connectivity index (χ2v) is 5.33. The maximum Gasteiger partial charge on any atom is 0.203 e. The molecule has 23 heavy (non-hydrogen) atoms. The van der Waals surface area contributed by atoms with Gasteiger partial charge in [0.1, 0.15) is 17.6 Å². The van der Waals surface area contributed by atoms with Gasteiger partial charge in [0.25, 0.3) is 0 Å². The summed E-state index contributed by atoms with van der Waals surface area (Å²) in [5.74, 6) is 0.648. The lowest BCUT2D eigenvalue weighted by molar-refractivity contribution is 0.0917. The Balaban J connectivity index is 2.17. The predicted molar refractivity (Wildman–Crippen MR) is 88.3 cm³/mol. The number of ether oxygens (including phenoxy) is 2. The number of carbonyl (C=O) groups excluding carboxylic acids is 1. The molecule has 118 valence electrons. The molecule has 0 saturated carbocycles. The summed E-state index contributed by atoms with van der Waals surface area (Å²) in [4.78, 5) is 12.4. The third kappa shape index (κ3) is 4.24. The SMILES string of the molecule is CCOc1ccc(C)cc1C(=O)COc1ccc(Cl)cc1C#N. The van der Waals surface area contributed by atoms with Gasteiger partial charge in [0.2, 0.25) is 5.78 Å². The van der Waals surface area contributed by atoms with Gasteiger partial charge < -0.3 is 9.47 Å². The lowest BCUT2D eigenvalue weighted by Crippen LogP contribution is -2.14. The second-order valence-electron chi connectivity index (χ2n) is 4.90. The van der Waals surface area contributed by atoms with Gasteiger partial charge >= 0.3 is 0 Å². The lowest BCUT2D eigenvalue weighted by Gasteiger charge is -2.12. The van der Waals surface area contributed by atoms with Crippen LogP contribution < -0.4 is 9.47 Å². The van der Waals surface area contributed by atoms with Crippen molar-refractivity contribution in [2.75, 3.05) is 13.2 Å². The molecule has 2 aromatic carbocycles. The van der Waals surface area contributed by atoms with Crippen LogP contribution in [-0.4, -0.2) is 19.0 Å². The van der Waals surface area contributed by atoms with E-state index in [9.17, 15) is 4.79 Å². The Hall–Kier alpha value is -2.51. The van der Waals surface area contributed by atoms with Crippen LogP contribution in [0.15, 0.2) is 36.4 Å². The van der Waals surface area contributed by atoms with Crippen LogP contribution in [0.4, 0.5) is 0 Å². The van der Waals surface area contributed by atoms with Gasteiger partial charge in [0.15, 0.2) is 6.61 Å². The summed E-state index contributed by atoms with van der Waals surface area (Å²) in [6.45, 7) is 4.05. The molecule has 0 radical (unpaired) electrons. The average molecular weight is 330 g/mol. The number of Topliss-reactive ketones (excluding diaryl/α,β-unsaturated/α-hetero) is 1. The van der Waals surface area contributed by atoms with Gasteiger partial charge in [-0.25, -0.2) is 0 Å². The molecular formula is C18H16ClNO3. The molecular weight excluding hydrogens is 314 g/mol. The summed E-state index contributed by atoms with van der Waals surface area (Å²) in [6.07, 6.45) is 0. The fourth-order valence-corrected chi connectivity index (χ4v) is 2.25. The summed E-state index contributed by atoms with van der Waals surface area (Å²) in [6, 6.07) is 12.1. The highest BCUT2D eigenvalue weighted by molar-refractivity contribution is 6.30. The van der Waals surface area contributed by atoms with Crippen LogP contribution in [0, 0.1) is 18.3 Å². The first-order chi connectivity index (χ1) is 11.0. The number of ketones is 1. The first kappa shape index (κ1) is 16.9. The molecule has 2 rings (SSSR count). The van der Waals surface area contributed by atoms with E-state index in [0.29, 0.717) is 34.3 Å². The number of hydrogen-bond donors (Lipinski definition) is 0. The smallest absolute Gasteiger partial charge is 0.203 e. The van der Waals surface area contributed by atoms with E-state index in [1.165, 1.54) is 6.07 Å². The topological polar surface area (TPSA) is 59.3 Å². The van der Waals surface area contributed by atoms with Crippen LogP contribution >= 0.6 is 11.6 Å². The van der Waals surface area contributed by atoms with Crippen molar-refractivity contribution in [3.8, 4) is 17.6 Å². The lowest BCUT2D eigenvalue weighted by atomic mass is 10.1. The molecule has 0 aliphatic rings. The molecule has 0 aromatic heterocycles. The average Bonchev–Trinajstić information content (AvgIpc) is 2.55. The number of halogens is 1. The van der Waals surface area contributed by atoms with E-state index in [4.69, 9.17) is 26.3 Å². The normalized spacial score (nSPS) is 10.0. The Morgan fingerprint density at radius 3 is 2.61 bits per heavy atom. The molecule has 5 heteroatoms. The molecule has 0 N–H and O–H groups in total. The minimum atomic E-state index is -0.212. The molecule has 0 aliphatic heterocycles. The number of aryl methyl sites for hydroxylation is 1. The maximum atomic E-state index is 12.4. The largest absolute Gasteiger partial charge is 0.493 e. The molecule has 0 spiro atoms. The minimum absolute atomic E-state index is 0.181. The van der Waals surface area contributed by atoms with Gasteiger partial charge in [0, 0.05) is 5.02 Å². The number of nitriles is 1. The zero-order chi connectivity index (χ0) is 16.8. The van der Waals surface area contributed by atoms with Crippen LogP contribution in [0.1, 0.15) is 28.4 Å². The molecule has 0 amide bonds. The number of hydrogen-bond acceptors (Lipinski definition) is 4.